The number of hydrogen-bond donors (Lipinski definition) is 2. The van der Waals surface area contributed by atoms with Crippen LogP contribution in [0.15, 0.2) is 29.3 Å². The van der Waals surface area contributed by atoms with E-state index in [0.717, 1.165) is 58.2 Å². The molecular formula is C23H38N4O. The van der Waals surface area contributed by atoms with E-state index in [0.29, 0.717) is 6.04 Å². The molecule has 28 heavy (non-hydrogen) atoms. The summed E-state index contributed by atoms with van der Waals surface area (Å²) in [6.07, 6.45) is 4.66. The number of benzene rings is 1. The number of hydrogen-bond acceptors (Lipinski definition) is 3. The molecule has 0 radical (unpaired) electrons. The maximum atomic E-state index is 5.69. The second-order valence-electron chi connectivity index (χ2n) is 8.21. The van der Waals surface area contributed by atoms with Crippen LogP contribution >= 0.6 is 0 Å². The molecule has 0 spiro atoms. The minimum Gasteiger partial charge on any atom is -0.381 e. The maximum Gasteiger partial charge on any atom is 0.191 e. The maximum absolute atomic E-state index is 5.69. The van der Waals surface area contributed by atoms with E-state index in [1.54, 1.807) is 0 Å². The van der Waals surface area contributed by atoms with Gasteiger partial charge in [0.1, 0.15) is 0 Å². The molecule has 156 valence electrons. The summed E-state index contributed by atoms with van der Waals surface area (Å²) in [6.45, 7) is 13.3. The fourth-order valence-corrected chi connectivity index (χ4v) is 4.77. The van der Waals surface area contributed by atoms with Crippen LogP contribution in [-0.2, 0) is 10.2 Å². The van der Waals surface area contributed by atoms with Crippen LogP contribution in [0.3, 0.4) is 0 Å². The Labute approximate surface area is 170 Å². The standard InChI is InChI=1S/C23H38N4O/c1-4-24-22(25-17-20-10-8-14-27(20)5-2)26-18-23(12-15-28-16-13-23)21-11-7-6-9-19(21)3/h6-7,9,11,20H,4-5,8,10,12-18H2,1-3H3,(H2,24,25,26). The topological polar surface area (TPSA) is 48.9 Å². The number of aryl methyl sites for hydroxylation is 1. The number of rotatable bonds is 7. The van der Waals surface area contributed by atoms with E-state index in [9.17, 15) is 0 Å². The molecule has 1 aromatic rings. The highest BCUT2D eigenvalue weighted by Gasteiger charge is 2.35. The number of aliphatic imine (C=N–C) groups is 1. The van der Waals surface area contributed by atoms with Gasteiger partial charge in [-0.2, -0.15) is 0 Å². The van der Waals surface area contributed by atoms with Gasteiger partial charge >= 0.3 is 0 Å². The minimum absolute atomic E-state index is 0.0781. The van der Waals surface area contributed by atoms with Crippen molar-refractivity contribution in [2.24, 2.45) is 4.99 Å². The van der Waals surface area contributed by atoms with Crippen LogP contribution in [-0.4, -0.2) is 62.8 Å². The van der Waals surface area contributed by atoms with Crippen molar-refractivity contribution in [3.05, 3.63) is 35.4 Å². The molecule has 2 heterocycles. The average molecular weight is 387 g/mol. The van der Waals surface area contributed by atoms with Crippen LogP contribution in [0.5, 0.6) is 0 Å². The molecule has 0 aliphatic carbocycles. The van der Waals surface area contributed by atoms with Gasteiger partial charge in [-0.3, -0.25) is 9.89 Å². The van der Waals surface area contributed by atoms with E-state index in [4.69, 9.17) is 9.73 Å². The molecule has 0 saturated carbocycles. The largest absolute Gasteiger partial charge is 0.381 e. The molecule has 5 nitrogen and oxygen atoms in total. The van der Waals surface area contributed by atoms with Gasteiger partial charge in [-0.05, 0) is 63.7 Å². The number of nitrogens with zero attached hydrogens (tertiary/aromatic N) is 2. The number of likely N-dealkylation sites (tertiary alicyclic amines) is 1. The zero-order valence-electron chi connectivity index (χ0n) is 18.0. The Kier molecular flexibility index (Phi) is 7.74. The van der Waals surface area contributed by atoms with E-state index in [1.165, 1.54) is 30.5 Å². The van der Waals surface area contributed by atoms with Crippen LogP contribution in [0, 0.1) is 6.92 Å². The second kappa shape index (κ2) is 10.3. The lowest BCUT2D eigenvalue weighted by molar-refractivity contribution is 0.0529. The van der Waals surface area contributed by atoms with Crippen molar-refractivity contribution in [2.75, 3.05) is 45.9 Å². The first-order valence-corrected chi connectivity index (χ1v) is 11.1. The number of guanidine groups is 1. The fourth-order valence-electron chi connectivity index (χ4n) is 4.77. The molecule has 1 atom stereocenters. The Hall–Kier alpha value is -1.59. The molecule has 2 aliphatic rings. The van der Waals surface area contributed by atoms with Crippen LogP contribution in [0.4, 0.5) is 0 Å². The van der Waals surface area contributed by atoms with Crippen LogP contribution in [0.1, 0.15) is 50.7 Å². The van der Waals surface area contributed by atoms with Crippen molar-refractivity contribution in [3.63, 3.8) is 0 Å². The molecule has 0 amide bonds. The lowest BCUT2D eigenvalue weighted by Crippen LogP contribution is -2.46. The lowest BCUT2D eigenvalue weighted by atomic mass is 9.72. The summed E-state index contributed by atoms with van der Waals surface area (Å²) >= 11 is 0. The van der Waals surface area contributed by atoms with Gasteiger partial charge in [0.25, 0.3) is 0 Å². The normalized spacial score (nSPS) is 23.0. The smallest absolute Gasteiger partial charge is 0.191 e. The lowest BCUT2D eigenvalue weighted by Gasteiger charge is -2.37. The van der Waals surface area contributed by atoms with E-state index in [-0.39, 0.29) is 5.41 Å². The average Bonchev–Trinajstić information content (AvgIpc) is 3.19. The quantitative estimate of drug-likeness (QED) is 0.558. The predicted molar refractivity (Wildman–Crippen MR) is 117 cm³/mol. The number of likely N-dealkylation sites (N-methyl/N-ethyl adjacent to an activating group) is 1. The molecule has 2 N–H and O–H groups in total. The van der Waals surface area contributed by atoms with Gasteiger partial charge in [-0.25, -0.2) is 0 Å². The fraction of sp³-hybridized carbons (Fsp3) is 0.696. The second-order valence-corrected chi connectivity index (χ2v) is 8.21. The molecule has 3 rings (SSSR count). The number of nitrogens with one attached hydrogen (secondary N) is 2. The molecule has 0 aromatic heterocycles. The van der Waals surface area contributed by atoms with Crippen LogP contribution in [0.25, 0.3) is 0 Å². The first-order valence-electron chi connectivity index (χ1n) is 11.1. The number of ether oxygens (including phenoxy) is 1. The molecule has 1 aromatic carbocycles. The summed E-state index contributed by atoms with van der Waals surface area (Å²) in [6, 6.07) is 9.42. The molecule has 2 saturated heterocycles. The Balaban J connectivity index is 1.72. The molecule has 5 heteroatoms. The molecular weight excluding hydrogens is 348 g/mol. The molecule has 1 unspecified atom stereocenters. The van der Waals surface area contributed by atoms with E-state index in [2.05, 4.69) is 60.6 Å². The third-order valence-corrected chi connectivity index (χ3v) is 6.46. The summed E-state index contributed by atoms with van der Waals surface area (Å²) in [7, 11) is 0. The van der Waals surface area contributed by atoms with E-state index in [1.807, 2.05) is 0 Å². The first kappa shape index (κ1) is 21.1. The van der Waals surface area contributed by atoms with Crippen molar-refractivity contribution in [1.29, 1.82) is 0 Å². The third kappa shape index (κ3) is 5.06. The van der Waals surface area contributed by atoms with Crippen molar-refractivity contribution < 1.29 is 4.74 Å². The van der Waals surface area contributed by atoms with Gasteiger partial charge in [0, 0.05) is 37.8 Å². The predicted octanol–water partition coefficient (Wildman–Crippen LogP) is 3.08. The van der Waals surface area contributed by atoms with Crippen molar-refractivity contribution in [3.8, 4) is 0 Å². The summed E-state index contributed by atoms with van der Waals surface area (Å²) < 4.78 is 5.69. The van der Waals surface area contributed by atoms with Crippen LogP contribution < -0.4 is 10.6 Å². The first-order chi connectivity index (χ1) is 13.7. The Morgan fingerprint density at radius 3 is 2.71 bits per heavy atom. The van der Waals surface area contributed by atoms with Crippen molar-refractivity contribution in [1.82, 2.24) is 15.5 Å². The molecule has 2 fully saturated rings. The summed E-state index contributed by atoms with van der Waals surface area (Å²) in [5.74, 6) is 0.949. The van der Waals surface area contributed by atoms with E-state index >= 15 is 0 Å². The zero-order chi connectivity index (χ0) is 19.8. The summed E-state index contributed by atoms with van der Waals surface area (Å²) in [5, 5.41) is 7.07. The Bertz CT molecular complexity index is 639. The van der Waals surface area contributed by atoms with Gasteiger partial charge in [0.05, 0.1) is 6.54 Å². The Morgan fingerprint density at radius 1 is 1.21 bits per heavy atom. The molecule has 2 aliphatic heterocycles. The van der Waals surface area contributed by atoms with Gasteiger partial charge in [0.15, 0.2) is 5.96 Å². The highest BCUT2D eigenvalue weighted by atomic mass is 16.5. The van der Waals surface area contributed by atoms with Crippen molar-refractivity contribution >= 4 is 5.96 Å². The van der Waals surface area contributed by atoms with Gasteiger partial charge in [-0.15, -0.1) is 0 Å². The van der Waals surface area contributed by atoms with Gasteiger partial charge in [-0.1, -0.05) is 31.2 Å². The Morgan fingerprint density at radius 2 is 2.00 bits per heavy atom. The monoisotopic (exact) mass is 386 g/mol. The highest BCUT2D eigenvalue weighted by molar-refractivity contribution is 5.79. The summed E-state index contributed by atoms with van der Waals surface area (Å²) in [5.41, 5.74) is 2.88. The zero-order valence-corrected chi connectivity index (χ0v) is 18.0. The summed E-state index contributed by atoms with van der Waals surface area (Å²) in [4.78, 5) is 7.63. The third-order valence-electron chi connectivity index (χ3n) is 6.46. The SMILES string of the molecule is CCNC(=NCC1(c2ccccc2C)CCOCC1)NCC1CCCN1CC. The van der Waals surface area contributed by atoms with Gasteiger partial charge in [0.2, 0.25) is 0 Å². The van der Waals surface area contributed by atoms with E-state index < -0.39 is 0 Å². The van der Waals surface area contributed by atoms with Crippen molar-refractivity contribution in [2.45, 2.75) is 57.9 Å². The highest BCUT2D eigenvalue weighted by Crippen LogP contribution is 2.37. The van der Waals surface area contributed by atoms with Gasteiger partial charge < -0.3 is 15.4 Å². The minimum atomic E-state index is 0.0781. The molecule has 0 bridgehead atoms. The van der Waals surface area contributed by atoms with Crippen LogP contribution in [0.2, 0.25) is 0 Å².